The minimum Gasteiger partial charge on any atom is -0.657 e. The van der Waals surface area contributed by atoms with E-state index in [1.54, 1.807) is 0 Å². The van der Waals surface area contributed by atoms with Gasteiger partial charge in [0.05, 0.1) is 78.7 Å². The summed E-state index contributed by atoms with van der Waals surface area (Å²) in [6.45, 7) is 43.6. The minimum absolute atomic E-state index is 0. The Balaban J connectivity index is 0.0000109. The van der Waals surface area contributed by atoms with E-state index in [4.69, 9.17) is 39.9 Å². The van der Waals surface area contributed by atoms with E-state index >= 15 is 0 Å². The second kappa shape index (κ2) is 33.2. The normalized spacial score (nSPS) is 11.8. The number of fused-ring (bicyclic) bond motifs is 14. The van der Waals surface area contributed by atoms with Gasteiger partial charge < -0.3 is 9.97 Å². The Bertz CT molecular complexity index is 7460. The second-order valence-electron chi connectivity index (χ2n) is 35.1. The molecule has 0 fully saturated rings. The Labute approximate surface area is 773 Å². The summed E-state index contributed by atoms with van der Waals surface area (Å²) in [6, 6.07) is 65.5. The van der Waals surface area contributed by atoms with E-state index in [0.717, 1.165) is 254 Å². The third kappa shape index (κ3) is 15.0. The van der Waals surface area contributed by atoms with Crippen LogP contribution >= 0.6 is 31.9 Å². The van der Waals surface area contributed by atoms with E-state index < -0.39 is 0 Å². The summed E-state index contributed by atoms with van der Waals surface area (Å²) >= 11 is 7.92. The molecule has 0 aliphatic carbocycles. The fourth-order valence-electron chi connectivity index (χ4n) is 20.0. The van der Waals surface area contributed by atoms with Crippen molar-refractivity contribution in [3.63, 3.8) is 0 Å². The molecule has 614 valence electrons. The maximum Gasteiger partial charge on any atom is 2.00 e. The van der Waals surface area contributed by atoms with Crippen molar-refractivity contribution in [1.29, 1.82) is 0 Å². The summed E-state index contributed by atoms with van der Waals surface area (Å²) in [5.74, 6) is 14.7. The summed E-state index contributed by atoms with van der Waals surface area (Å²) in [4.78, 5) is 45.4. The average Bonchev–Trinajstić information content (AvgIpc) is 1.72. The predicted molar refractivity (Wildman–Crippen MR) is 536 cm³/mol. The first-order chi connectivity index (χ1) is 60.5. The molecule has 0 radical (unpaired) electrons. The number of pyridine rings is 4. The van der Waals surface area contributed by atoms with Gasteiger partial charge in [-0.15, -0.1) is 22.1 Å². The van der Waals surface area contributed by atoms with Crippen LogP contribution in [-0.4, -0.2) is 29.9 Å². The number of rotatable bonds is 8. The minimum atomic E-state index is 0. The van der Waals surface area contributed by atoms with E-state index in [9.17, 15) is 0 Å². The Morgan fingerprint density at radius 1 is 0.236 bits per heavy atom. The molecule has 11 heteroatoms. The van der Waals surface area contributed by atoms with Gasteiger partial charge in [0.2, 0.25) is 0 Å². The summed E-state index contributed by atoms with van der Waals surface area (Å²) in [5, 5.41) is 4.00. The van der Waals surface area contributed by atoms with Gasteiger partial charge in [0, 0.05) is 63.9 Å². The number of hydrogen-bond donors (Lipinski definition) is 0. The van der Waals surface area contributed by atoms with Crippen molar-refractivity contribution in [2.75, 3.05) is 0 Å². The van der Waals surface area contributed by atoms with E-state index in [1.165, 1.54) is 66.8 Å². The molecule has 9 heterocycles. The third-order valence-electron chi connectivity index (χ3n) is 26.2. The molecule has 0 amide bonds. The van der Waals surface area contributed by atoms with Crippen LogP contribution in [0, 0.1) is 162 Å². The predicted octanol–water partition coefficient (Wildman–Crippen LogP) is 29.9. The molecule has 0 N–H and O–H groups in total. The zero-order valence-electron chi connectivity index (χ0n) is 75.7. The second-order valence-corrected chi connectivity index (χ2v) is 36.7. The molecule has 17 aromatic rings. The summed E-state index contributed by atoms with van der Waals surface area (Å²) in [7, 11) is 0. The van der Waals surface area contributed by atoms with Gasteiger partial charge in [0.15, 0.2) is 0 Å². The van der Waals surface area contributed by atoms with E-state index in [0.29, 0.717) is 0 Å². The summed E-state index contributed by atoms with van der Waals surface area (Å²) < 4.78 is 2.21. The van der Waals surface area contributed by atoms with Gasteiger partial charge >= 0.3 is 19.5 Å². The van der Waals surface area contributed by atoms with Crippen molar-refractivity contribution >= 4 is 122 Å². The van der Waals surface area contributed by atoms with Crippen LogP contribution in [0.1, 0.15) is 156 Å². The van der Waals surface area contributed by atoms with Crippen LogP contribution in [0.4, 0.5) is 0 Å². The molecule has 8 bridgehead atoms. The van der Waals surface area contributed by atoms with Crippen molar-refractivity contribution in [3.8, 4) is 113 Å². The van der Waals surface area contributed by atoms with Crippen LogP contribution in [0.3, 0.4) is 0 Å². The molecular formula is C116H94Br2N8Zn. The molecule has 0 spiro atoms. The number of halogens is 2. The van der Waals surface area contributed by atoms with Crippen LogP contribution in [0.15, 0.2) is 191 Å². The monoisotopic (exact) mass is 1820 g/mol. The molecule has 0 saturated heterocycles. The zero-order valence-corrected chi connectivity index (χ0v) is 81.8. The molecule has 2 aliphatic heterocycles. The van der Waals surface area contributed by atoms with Crippen molar-refractivity contribution in [2.45, 2.75) is 138 Å². The number of benzene rings is 10. The van der Waals surface area contributed by atoms with Crippen LogP contribution in [-0.2, 0) is 19.5 Å². The zero-order chi connectivity index (χ0) is 88.0. The fraction of sp³-hybridized carbons (Fsp3) is 0.172. The molecule has 0 atom stereocenters. The molecule has 0 unspecified atom stereocenters. The van der Waals surface area contributed by atoms with E-state index in [2.05, 4.69) is 400 Å². The maximum atomic E-state index is 5.77. The Morgan fingerprint density at radius 2 is 0.504 bits per heavy atom. The number of aryl methyl sites for hydroxylation is 12. The van der Waals surface area contributed by atoms with E-state index in [1.807, 2.05) is 0 Å². The maximum absolute atomic E-state index is 5.77. The van der Waals surface area contributed by atoms with Gasteiger partial charge in [-0.05, 0) is 345 Å². The Morgan fingerprint density at radius 3 is 0.819 bits per heavy atom. The smallest absolute Gasteiger partial charge is 0.657 e. The van der Waals surface area contributed by atoms with Gasteiger partial charge in [-0.1, -0.05) is 211 Å². The number of nitrogens with zero attached hydrogens (tertiary/aromatic N) is 8. The molecule has 10 aromatic carbocycles. The molecule has 8 nitrogen and oxygen atoms in total. The Hall–Kier alpha value is -12.9. The van der Waals surface area contributed by atoms with Crippen molar-refractivity contribution in [3.05, 3.63) is 347 Å². The number of aromatic nitrogens is 8. The van der Waals surface area contributed by atoms with Gasteiger partial charge in [0.25, 0.3) is 0 Å². The van der Waals surface area contributed by atoms with Crippen molar-refractivity contribution < 1.29 is 19.5 Å². The number of hydrogen-bond acceptors (Lipinski definition) is 6. The third-order valence-corrected chi connectivity index (χ3v) is 28.6. The summed E-state index contributed by atoms with van der Waals surface area (Å²) in [5.41, 5.74) is 52.2. The van der Waals surface area contributed by atoms with Crippen LogP contribution < -0.4 is 9.97 Å². The average molecular weight is 1830 g/mol. The van der Waals surface area contributed by atoms with Gasteiger partial charge in [-0.3, -0.25) is 0 Å². The Kier molecular flexibility index (Phi) is 22.2. The van der Waals surface area contributed by atoms with Crippen LogP contribution in [0.25, 0.3) is 180 Å². The molecule has 7 aromatic heterocycles. The van der Waals surface area contributed by atoms with Crippen molar-refractivity contribution in [1.82, 2.24) is 39.9 Å². The molecule has 0 saturated carbocycles. The largest absolute Gasteiger partial charge is 2.00 e. The molecular weight excluding hydrogens is 1730 g/mol. The van der Waals surface area contributed by atoms with Crippen LogP contribution in [0.5, 0.6) is 0 Å². The van der Waals surface area contributed by atoms with Gasteiger partial charge in [-0.25, -0.2) is 29.9 Å². The topological polar surface area (TPSA) is 106 Å². The van der Waals surface area contributed by atoms with Crippen LogP contribution in [0.2, 0.25) is 0 Å². The van der Waals surface area contributed by atoms with Gasteiger partial charge in [0.1, 0.15) is 0 Å². The van der Waals surface area contributed by atoms with E-state index in [-0.39, 0.29) is 19.5 Å². The first-order valence-corrected chi connectivity index (χ1v) is 44.7. The summed E-state index contributed by atoms with van der Waals surface area (Å²) in [6.07, 6.45) is 8.62. The van der Waals surface area contributed by atoms with Crippen molar-refractivity contribution in [2.24, 2.45) is 0 Å². The molecule has 19 rings (SSSR count). The fourth-order valence-corrected chi connectivity index (χ4v) is 21.1. The first-order valence-electron chi connectivity index (χ1n) is 43.2. The van der Waals surface area contributed by atoms with Gasteiger partial charge in [-0.2, -0.15) is 0 Å². The first kappa shape index (κ1) is 85.0. The molecule has 127 heavy (non-hydrogen) atoms. The standard InChI is InChI=1S/C116H94Br2N8.Zn/c1-59-49-63(5)99(64(6)50-59)89-39-37-83-33-35-87-57-85(111(125-115(87)113(83)123-89)103-71(13)75(17)109(117)76(18)72(103)14)31-25-79-21-27-81(28-22-79)105-91-41-45-95(119-91)107(101-67(9)53-61(3)54-68(101)10)97-47-43-93(121-97)106(94-44-48-98(122-94)108(96-46-42-92(105)120-96)102-69(11)55-62(4)56-70(102)12)82-29-23-80(24-30-82)26-32-86-58-88-36-34-84-38-40-90(100-65(7)51-60(2)52-66(100)8)124-114(84)116(88)126-112(86)104-73(15)77(19)110(118)78(20)74(104)16;/h21-24,27-30,33-58H,1-20H3;/q-2;+2. The molecule has 2 aliphatic rings. The SMILES string of the molecule is Cc1cc(C)c(-c2ccc3ccc4cc(C#Cc5ccc(-c6c7nc(c(-c8c(C)cc(C)cc8C)c8ccc([n-]8)c(-c8ccc(C#Cc9cc%10ccc%11ccc(-c%12c(C)cc(C)cc%12C)nc%11c%10nc9-c9c(C)c(C)c(Br)c(C)c9C)cc8)c8nc(c(-c9c(C)cc(C)cc9C)c9ccc6[n-]9)C=C8)C=C7)cc5)c(-c5c(C)c(C)c(Br)c(C)c5C)nc4c3n2)c(C)c1.[Zn+2]. The quantitative estimate of drug-likeness (QED) is 0.0842.